The first-order valence-corrected chi connectivity index (χ1v) is 5.44. The third-order valence-electron chi connectivity index (χ3n) is 2.32. The Morgan fingerprint density at radius 1 is 0.882 bits per heavy atom. The molecule has 0 atom stereocenters. The summed E-state index contributed by atoms with van der Waals surface area (Å²) in [6.07, 6.45) is 0. The molecule has 0 fully saturated rings. The average molecular weight is 274 g/mol. The van der Waals surface area contributed by atoms with Crippen molar-refractivity contribution < 1.29 is 8.78 Å². The van der Waals surface area contributed by atoms with Gasteiger partial charge < -0.3 is 5.73 Å². The summed E-state index contributed by atoms with van der Waals surface area (Å²) in [5.74, 6) is -1.94. The van der Waals surface area contributed by atoms with Crippen LogP contribution in [0.25, 0.3) is 11.1 Å². The third kappa shape index (κ3) is 2.35. The Morgan fingerprint density at radius 3 is 2.18 bits per heavy atom. The molecular formula is C12H7Cl2F2N. The Morgan fingerprint density at radius 2 is 1.53 bits per heavy atom. The minimum Gasteiger partial charge on any atom is -0.398 e. The first-order chi connectivity index (χ1) is 7.99. The van der Waals surface area contributed by atoms with Gasteiger partial charge in [-0.2, -0.15) is 0 Å². The van der Waals surface area contributed by atoms with Crippen LogP contribution in [0, 0.1) is 11.6 Å². The summed E-state index contributed by atoms with van der Waals surface area (Å²) in [4.78, 5) is 0. The lowest BCUT2D eigenvalue weighted by atomic mass is 10.0. The van der Waals surface area contributed by atoms with Crippen molar-refractivity contribution in [2.24, 2.45) is 0 Å². The molecule has 0 amide bonds. The number of hydrogen-bond donors (Lipinski definition) is 1. The van der Waals surface area contributed by atoms with Crippen LogP contribution in [0.4, 0.5) is 14.5 Å². The minimum absolute atomic E-state index is 0.141. The van der Waals surface area contributed by atoms with E-state index in [9.17, 15) is 8.78 Å². The molecule has 0 aliphatic rings. The predicted octanol–water partition coefficient (Wildman–Crippen LogP) is 4.52. The molecule has 2 aromatic carbocycles. The zero-order valence-corrected chi connectivity index (χ0v) is 9.99. The van der Waals surface area contributed by atoms with Gasteiger partial charge in [-0.3, -0.25) is 0 Å². The highest BCUT2D eigenvalue weighted by atomic mass is 35.5. The van der Waals surface area contributed by atoms with E-state index < -0.39 is 11.6 Å². The molecule has 2 rings (SSSR count). The molecule has 5 heteroatoms. The van der Waals surface area contributed by atoms with Crippen molar-refractivity contribution in [1.82, 2.24) is 0 Å². The van der Waals surface area contributed by atoms with Gasteiger partial charge in [-0.1, -0.05) is 29.3 Å². The van der Waals surface area contributed by atoms with E-state index in [1.54, 1.807) is 18.2 Å². The van der Waals surface area contributed by atoms with E-state index in [1.165, 1.54) is 0 Å². The standard InChI is InChI=1S/C12H7Cl2F2N/c13-8-2-1-6(3-9(8)14)7-4-10(15)11(16)5-12(7)17/h1-5H,17H2. The summed E-state index contributed by atoms with van der Waals surface area (Å²) in [7, 11) is 0. The highest BCUT2D eigenvalue weighted by Crippen LogP contribution is 2.32. The lowest BCUT2D eigenvalue weighted by Crippen LogP contribution is -1.94. The van der Waals surface area contributed by atoms with Crippen LogP contribution in [0.3, 0.4) is 0 Å². The molecule has 0 radical (unpaired) electrons. The van der Waals surface area contributed by atoms with Crippen LogP contribution in [-0.2, 0) is 0 Å². The number of nitrogen functional groups attached to an aromatic ring is 1. The Hall–Kier alpha value is -1.32. The van der Waals surface area contributed by atoms with Crippen molar-refractivity contribution in [3.8, 4) is 11.1 Å². The number of anilines is 1. The Balaban J connectivity index is 2.60. The highest BCUT2D eigenvalue weighted by molar-refractivity contribution is 6.42. The van der Waals surface area contributed by atoms with E-state index in [1.807, 2.05) is 0 Å². The topological polar surface area (TPSA) is 26.0 Å². The Kier molecular flexibility index (Phi) is 3.22. The predicted molar refractivity (Wildman–Crippen MR) is 66.2 cm³/mol. The van der Waals surface area contributed by atoms with Gasteiger partial charge in [-0.25, -0.2) is 8.78 Å². The van der Waals surface area contributed by atoms with Crippen LogP contribution < -0.4 is 5.73 Å². The van der Waals surface area contributed by atoms with Crippen LogP contribution in [-0.4, -0.2) is 0 Å². The van der Waals surface area contributed by atoms with Crippen LogP contribution >= 0.6 is 23.2 Å². The fraction of sp³-hybridized carbons (Fsp3) is 0. The summed E-state index contributed by atoms with van der Waals surface area (Å²) in [6.45, 7) is 0. The van der Waals surface area contributed by atoms with E-state index in [-0.39, 0.29) is 5.69 Å². The zero-order valence-electron chi connectivity index (χ0n) is 8.48. The van der Waals surface area contributed by atoms with Gasteiger partial charge in [0.25, 0.3) is 0 Å². The van der Waals surface area contributed by atoms with E-state index in [0.717, 1.165) is 12.1 Å². The van der Waals surface area contributed by atoms with E-state index in [0.29, 0.717) is 21.2 Å². The van der Waals surface area contributed by atoms with Gasteiger partial charge in [-0.05, 0) is 23.8 Å². The smallest absolute Gasteiger partial charge is 0.160 e. The number of benzene rings is 2. The molecule has 0 unspecified atom stereocenters. The monoisotopic (exact) mass is 273 g/mol. The van der Waals surface area contributed by atoms with Gasteiger partial charge in [0.15, 0.2) is 11.6 Å². The van der Waals surface area contributed by atoms with Gasteiger partial charge in [0.05, 0.1) is 10.0 Å². The average Bonchev–Trinajstić information content (AvgIpc) is 2.27. The van der Waals surface area contributed by atoms with Crippen molar-refractivity contribution in [2.75, 3.05) is 5.73 Å². The summed E-state index contributed by atoms with van der Waals surface area (Å²) >= 11 is 11.6. The van der Waals surface area contributed by atoms with Crippen LogP contribution in [0.15, 0.2) is 30.3 Å². The van der Waals surface area contributed by atoms with Crippen molar-refractivity contribution in [3.63, 3.8) is 0 Å². The second-order valence-electron chi connectivity index (χ2n) is 3.48. The van der Waals surface area contributed by atoms with E-state index >= 15 is 0 Å². The second kappa shape index (κ2) is 4.51. The fourth-order valence-corrected chi connectivity index (χ4v) is 1.77. The van der Waals surface area contributed by atoms with Gasteiger partial charge in [0.1, 0.15) is 0 Å². The summed E-state index contributed by atoms with van der Waals surface area (Å²) < 4.78 is 26.1. The van der Waals surface area contributed by atoms with Gasteiger partial charge >= 0.3 is 0 Å². The maximum atomic E-state index is 13.1. The molecule has 0 aromatic heterocycles. The fourth-order valence-electron chi connectivity index (χ4n) is 1.48. The van der Waals surface area contributed by atoms with Crippen molar-refractivity contribution >= 4 is 28.9 Å². The third-order valence-corrected chi connectivity index (χ3v) is 3.06. The number of hydrogen-bond acceptors (Lipinski definition) is 1. The van der Waals surface area contributed by atoms with Gasteiger partial charge in [0, 0.05) is 17.3 Å². The molecular weight excluding hydrogens is 267 g/mol. The maximum absolute atomic E-state index is 13.1. The normalized spacial score (nSPS) is 10.6. The van der Waals surface area contributed by atoms with Gasteiger partial charge in [0.2, 0.25) is 0 Å². The lowest BCUT2D eigenvalue weighted by molar-refractivity contribution is 0.509. The molecule has 0 heterocycles. The van der Waals surface area contributed by atoms with E-state index in [2.05, 4.69) is 0 Å². The molecule has 2 N–H and O–H groups in total. The van der Waals surface area contributed by atoms with E-state index in [4.69, 9.17) is 28.9 Å². The molecule has 0 saturated carbocycles. The molecule has 0 aliphatic carbocycles. The summed E-state index contributed by atoms with van der Waals surface area (Å²) in [6, 6.07) is 6.72. The Labute approximate surface area is 107 Å². The highest BCUT2D eigenvalue weighted by Gasteiger charge is 2.10. The number of rotatable bonds is 1. The first kappa shape index (κ1) is 12.1. The molecule has 2 aromatic rings. The number of nitrogens with two attached hydrogens (primary N) is 1. The van der Waals surface area contributed by atoms with Gasteiger partial charge in [-0.15, -0.1) is 0 Å². The molecule has 88 valence electrons. The summed E-state index contributed by atoms with van der Waals surface area (Å²) in [5.41, 5.74) is 6.73. The van der Waals surface area contributed by atoms with Crippen molar-refractivity contribution in [2.45, 2.75) is 0 Å². The van der Waals surface area contributed by atoms with Crippen LogP contribution in [0.2, 0.25) is 10.0 Å². The summed E-state index contributed by atoms with van der Waals surface area (Å²) in [5, 5.41) is 0.713. The van der Waals surface area contributed by atoms with Crippen molar-refractivity contribution in [3.05, 3.63) is 52.0 Å². The number of halogens is 4. The lowest BCUT2D eigenvalue weighted by Gasteiger charge is -2.07. The van der Waals surface area contributed by atoms with Crippen molar-refractivity contribution in [1.29, 1.82) is 0 Å². The van der Waals surface area contributed by atoms with Crippen LogP contribution in [0.5, 0.6) is 0 Å². The maximum Gasteiger partial charge on any atom is 0.160 e. The minimum atomic E-state index is -0.980. The second-order valence-corrected chi connectivity index (χ2v) is 4.30. The molecule has 17 heavy (non-hydrogen) atoms. The molecule has 0 aliphatic heterocycles. The first-order valence-electron chi connectivity index (χ1n) is 4.69. The van der Waals surface area contributed by atoms with Crippen LogP contribution in [0.1, 0.15) is 0 Å². The SMILES string of the molecule is Nc1cc(F)c(F)cc1-c1ccc(Cl)c(Cl)c1. The quantitative estimate of drug-likeness (QED) is 0.760. The molecule has 1 nitrogen and oxygen atoms in total. The molecule has 0 bridgehead atoms. The molecule has 0 spiro atoms. The Bertz CT molecular complexity index is 585. The largest absolute Gasteiger partial charge is 0.398 e. The molecule has 0 saturated heterocycles. The zero-order chi connectivity index (χ0) is 12.6.